The summed E-state index contributed by atoms with van der Waals surface area (Å²) >= 11 is 0. The zero-order chi connectivity index (χ0) is 21.5. The average molecular weight is 405 g/mol. The van der Waals surface area contributed by atoms with Crippen molar-refractivity contribution in [3.05, 3.63) is 94.0 Å². The largest absolute Gasteiger partial charge is 0.394 e. The highest BCUT2D eigenvalue weighted by molar-refractivity contribution is 6.00. The van der Waals surface area contributed by atoms with E-state index < -0.39 is 10.8 Å². The molecule has 0 bridgehead atoms. The molecule has 1 atom stereocenters. The van der Waals surface area contributed by atoms with Crippen LogP contribution < -0.4 is 10.6 Å². The van der Waals surface area contributed by atoms with Gasteiger partial charge >= 0.3 is 0 Å². The minimum atomic E-state index is -0.543. The second-order valence-corrected chi connectivity index (χ2v) is 6.96. The lowest BCUT2D eigenvalue weighted by atomic mass is 10.0. The molecule has 0 heterocycles. The third-order valence-electron chi connectivity index (χ3n) is 4.65. The number of nitro benzene ring substituents is 1. The molecular formula is C23H23N3O4. The number of anilines is 1. The Bertz CT molecular complexity index is 1020. The van der Waals surface area contributed by atoms with Crippen molar-refractivity contribution in [2.75, 3.05) is 11.9 Å². The fourth-order valence-corrected chi connectivity index (χ4v) is 2.99. The summed E-state index contributed by atoms with van der Waals surface area (Å²) in [4.78, 5) is 23.3. The second kappa shape index (κ2) is 9.67. The first-order valence-electron chi connectivity index (χ1n) is 9.56. The maximum atomic E-state index is 12.7. The molecule has 0 spiro atoms. The molecule has 154 valence electrons. The van der Waals surface area contributed by atoms with Crippen LogP contribution in [-0.4, -0.2) is 28.6 Å². The summed E-state index contributed by atoms with van der Waals surface area (Å²) in [5.74, 6) is -0.432. The van der Waals surface area contributed by atoms with E-state index in [1.165, 1.54) is 18.2 Å². The van der Waals surface area contributed by atoms with Crippen LogP contribution in [0.2, 0.25) is 0 Å². The van der Waals surface area contributed by atoms with E-state index in [1.807, 2.05) is 54.6 Å². The van der Waals surface area contributed by atoms with Crippen LogP contribution in [0.25, 0.3) is 11.1 Å². The average Bonchev–Trinajstić information content (AvgIpc) is 2.78. The molecule has 30 heavy (non-hydrogen) atoms. The van der Waals surface area contributed by atoms with E-state index in [4.69, 9.17) is 0 Å². The number of rotatable bonds is 8. The molecule has 3 N–H and O–H groups in total. The Morgan fingerprint density at radius 3 is 2.33 bits per heavy atom. The van der Waals surface area contributed by atoms with Gasteiger partial charge in [0.25, 0.3) is 11.6 Å². The topological polar surface area (TPSA) is 104 Å². The van der Waals surface area contributed by atoms with Crippen molar-refractivity contribution >= 4 is 17.3 Å². The number of aliphatic hydroxyl groups is 1. The minimum absolute atomic E-state index is 0.133. The van der Waals surface area contributed by atoms with E-state index in [9.17, 15) is 20.0 Å². The smallest absolute Gasteiger partial charge is 0.270 e. The molecule has 3 aromatic rings. The van der Waals surface area contributed by atoms with Crippen LogP contribution in [0, 0.1) is 10.1 Å². The van der Waals surface area contributed by atoms with E-state index >= 15 is 0 Å². The van der Waals surface area contributed by atoms with Crippen LogP contribution in [0.5, 0.6) is 0 Å². The number of carbonyl (C=O) groups excluding carboxylic acids is 1. The molecule has 0 saturated carbocycles. The molecule has 0 aliphatic carbocycles. The summed E-state index contributed by atoms with van der Waals surface area (Å²) in [7, 11) is 0. The van der Waals surface area contributed by atoms with E-state index in [0.29, 0.717) is 5.69 Å². The SMILES string of the molecule is CC(CO)Nc1ccc([N+](=O)[O-])cc1C(=O)NCc1ccc(-c2ccccc2)cc1. The highest BCUT2D eigenvalue weighted by Crippen LogP contribution is 2.23. The molecule has 3 aromatic carbocycles. The standard InChI is InChI=1S/C23H23N3O4/c1-16(15-27)25-22-12-11-20(26(29)30)13-21(22)23(28)24-14-17-7-9-19(10-8-17)18-5-3-2-4-6-18/h2-13,16,25,27H,14-15H2,1H3,(H,24,28). The molecule has 0 saturated heterocycles. The van der Waals surface area contributed by atoms with Crippen LogP contribution in [-0.2, 0) is 6.54 Å². The molecular weight excluding hydrogens is 382 g/mol. The third-order valence-corrected chi connectivity index (χ3v) is 4.65. The van der Waals surface area contributed by atoms with Gasteiger partial charge in [0.2, 0.25) is 0 Å². The fraction of sp³-hybridized carbons (Fsp3) is 0.174. The van der Waals surface area contributed by atoms with Crippen LogP contribution in [0.3, 0.4) is 0 Å². The molecule has 0 fully saturated rings. The molecule has 0 radical (unpaired) electrons. The maximum Gasteiger partial charge on any atom is 0.270 e. The van der Waals surface area contributed by atoms with Crippen molar-refractivity contribution < 1.29 is 14.8 Å². The van der Waals surface area contributed by atoms with Gasteiger partial charge in [-0.25, -0.2) is 0 Å². The third kappa shape index (κ3) is 5.21. The first-order valence-corrected chi connectivity index (χ1v) is 9.56. The molecule has 1 amide bonds. The Labute approximate surface area is 174 Å². The lowest BCUT2D eigenvalue weighted by molar-refractivity contribution is -0.384. The molecule has 0 aliphatic heterocycles. The Balaban J connectivity index is 1.73. The van der Waals surface area contributed by atoms with Gasteiger partial charge < -0.3 is 15.7 Å². The zero-order valence-electron chi connectivity index (χ0n) is 16.5. The fourth-order valence-electron chi connectivity index (χ4n) is 2.99. The van der Waals surface area contributed by atoms with Crippen LogP contribution in [0.4, 0.5) is 11.4 Å². The van der Waals surface area contributed by atoms with E-state index in [-0.39, 0.29) is 30.4 Å². The van der Waals surface area contributed by atoms with Crippen molar-refractivity contribution in [1.82, 2.24) is 5.32 Å². The monoisotopic (exact) mass is 405 g/mol. The van der Waals surface area contributed by atoms with Crippen molar-refractivity contribution in [2.24, 2.45) is 0 Å². The van der Waals surface area contributed by atoms with Crippen molar-refractivity contribution in [3.63, 3.8) is 0 Å². The molecule has 0 aliphatic rings. The normalized spacial score (nSPS) is 11.5. The van der Waals surface area contributed by atoms with Crippen molar-refractivity contribution in [2.45, 2.75) is 19.5 Å². The summed E-state index contributed by atoms with van der Waals surface area (Å²) in [6.45, 7) is 1.90. The van der Waals surface area contributed by atoms with Gasteiger partial charge in [-0.05, 0) is 29.7 Å². The predicted octanol–water partition coefficient (Wildman–Crippen LogP) is 3.98. The Hall–Kier alpha value is -3.71. The number of hydrogen-bond acceptors (Lipinski definition) is 5. The first-order chi connectivity index (χ1) is 14.5. The Morgan fingerprint density at radius 2 is 1.70 bits per heavy atom. The highest BCUT2D eigenvalue weighted by atomic mass is 16.6. The lowest BCUT2D eigenvalue weighted by Crippen LogP contribution is -2.26. The van der Waals surface area contributed by atoms with Gasteiger partial charge in [-0.1, -0.05) is 54.6 Å². The van der Waals surface area contributed by atoms with Gasteiger partial charge in [-0.15, -0.1) is 0 Å². The number of benzene rings is 3. The zero-order valence-corrected chi connectivity index (χ0v) is 16.5. The molecule has 0 aromatic heterocycles. The van der Waals surface area contributed by atoms with Gasteiger partial charge in [0, 0.05) is 30.4 Å². The summed E-state index contributed by atoms with van der Waals surface area (Å²) in [6, 6.07) is 21.6. The second-order valence-electron chi connectivity index (χ2n) is 6.96. The van der Waals surface area contributed by atoms with Gasteiger partial charge in [0.1, 0.15) is 0 Å². The summed E-state index contributed by atoms with van der Waals surface area (Å²) in [5, 5.41) is 26.2. The summed E-state index contributed by atoms with van der Waals surface area (Å²) < 4.78 is 0. The van der Waals surface area contributed by atoms with Crippen LogP contribution in [0.1, 0.15) is 22.8 Å². The Morgan fingerprint density at radius 1 is 1.03 bits per heavy atom. The van der Waals surface area contributed by atoms with Gasteiger partial charge in [-0.3, -0.25) is 14.9 Å². The minimum Gasteiger partial charge on any atom is -0.394 e. The summed E-state index contributed by atoms with van der Waals surface area (Å²) in [5.41, 5.74) is 3.51. The number of aliphatic hydroxyl groups excluding tert-OH is 1. The number of hydrogen-bond donors (Lipinski definition) is 3. The number of non-ortho nitro benzene ring substituents is 1. The number of nitrogens with zero attached hydrogens (tertiary/aromatic N) is 1. The molecule has 7 nitrogen and oxygen atoms in total. The Kier molecular flexibility index (Phi) is 6.77. The first kappa shape index (κ1) is 21.0. The number of amides is 1. The maximum absolute atomic E-state index is 12.7. The predicted molar refractivity (Wildman–Crippen MR) is 116 cm³/mol. The quantitative estimate of drug-likeness (QED) is 0.388. The lowest BCUT2D eigenvalue weighted by Gasteiger charge is -2.16. The van der Waals surface area contributed by atoms with E-state index in [2.05, 4.69) is 10.6 Å². The van der Waals surface area contributed by atoms with Crippen LogP contribution >= 0.6 is 0 Å². The highest BCUT2D eigenvalue weighted by Gasteiger charge is 2.18. The van der Waals surface area contributed by atoms with Crippen molar-refractivity contribution in [3.8, 4) is 11.1 Å². The van der Waals surface area contributed by atoms with Crippen LogP contribution in [0.15, 0.2) is 72.8 Å². The summed E-state index contributed by atoms with van der Waals surface area (Å²) in [6.07, 6.45) is 0. The number of nitro groups is 1. The van der Waals surface area contributed by atoms with Crippen molar-refractivity contribution in [1.29, 1.82) is 0 Å². The van der Waals surface area contributed by atoms with E-state index in [1.54, 1.807) is 6.92 Å². The number of nitrogens with one attached hydrogen (secondary N) is 2. The molecule has 1 unspecified atom stereocenters. The van der Waals surface area contributed by atoms with E-state index in [0.717, 1.165) is 16.7 Å². The molecule has 7 heteroatoms. The van der Waals surface area contributed by atoms with Gasteiger partial charge in [0.05, 0.1) is 17.1 Å². The number of carbonyl (C=O) groups is 1. The molecule has 3 rings (SSSR count). The van der Waals surface area contributed by atoms with Gasteiger partial charge in [-0.2, -0.15) is 0 Å². The van der Waals surface area contributed by atoms with Gasteiger partial charge in [0.15, 0.2) is 0 Å².